The molecule has 4 aromatic heterocycles. The number of imidazole rings is 1. The first-order chi connectivity index (χ1) is 30.5. The summed E-state index contributed by atoms with van der Waals surface area (Å²) in [6, 6.07) is 10.5. The maximum absolute atomic E-state index is 15.5. The van der Waals surface area contributed by atoms with Crippen molar-refractivity contribution >= 4 is 51.5 Å². The SMILES string of the molecule is CO[C@H]1CN(C)C(=O)[C@@H]2C[C@@H](CN2c2nc(N3C4CC3CN(C(=O)CC3COC3)C4)nc3c2cnn3-c2ccc(F)cc2F)Nc2cccc(n2)-c2cc(F)cc3nc(C)n(c23)C1. The molecule has 5 fully saturated rings. The summed E-state index contributed by atoms with van der Waals surface area (Å²) >= 11 is 0. The summed E-state index contributed by atoms with van der Waals surface area (Å²) in [5.74, 6) is 0.177. The zero-order valence-corrected chi connectivity index (χ0v) is 34.9. The topological polar surface area (TPSA) is 152 Å². The third-order valence-corrected chi connectivity index (χ3v) is 13.3. The van der Waals surface area contributed by atoms with Crippen LogP contribution in [-0.2, 0) is 25.6 Å². The molecule has 5 atom stereocenters. The van der Waals surface area contributed by atoms with E-state index in [1.165, 1.54) is 28.9 Å². The van der Waals surface area contributed by atoms with Crippen LogP contribution in [0.15, 0.2) is 54.7 Å². The zero-order valence-electron chi connectivity index (χ0n) is 34.9. The monoisotopic (exact) mass is 862 g/mol. The number of piperazine rings is 1. The van der Waals surface area contributed by atoms with E-state index in [9.17, 15) is 14.0 Å². The lowest BCUT2D eigenvalue weighted by molar-refractivity contribution is -0.139. The normalized spacial score (nSPS) is 23.7. The second-order valence-electron chi connectivity index (χ2n) is 17.4. The van der Waals surface area contributed by atoms with Crippen molar-refractivity contribution < 1.29 is 32.2 Å². The summed E-state index contributed by atoms with van der Waals surface area (Å²) in [5, 5.41) is 8.61. The van der Waals surface area contributed by atoms with E-state index < -0.39 is 29.6 Å². The number of piperidine rings is 1. The van der Waals surface area contributed by atoms with Gasteiger partial charge in [0.05, 0.1) is 66.3 Å². The molecular formula is C44H45F3N12O4. The minimum Gasteiger partial charge on any atom is -0.381 e. The fraction of sp³-hybridized carbons (Fsp3) is 0.432. The molecule has 6 bridgehead atoms. The Morgan fingerprint density at radius 1 is 0.937 bits per heavy atom. The Kier molecular flexibility index (Phi) is 9.52. The number of rotatable bonds is 6. The number of pyridine rings is 1. The van der Waals surface area contributed by atoms with Gasteiger partial charge >= 0.3 is 0 Å². The lowest BCUT2D eigenvalue weighted by Crippen LogP contribution is -2.70. The van der Waals surface area contributed by atoms with Crippen LogP contribution in [0.5, 0.6) is 0 Å². The van der Waals surface area contributed by atoms with Crippen molar-refractivity contribution in [3.05, 3.63) is 78.0 Å². The summed E-state index contributed by atoms with van der Waals surface area (Å²) in [4.78, 5) is 55.7. The minimum absolute atomic E-state index is 0.000683. The van der Waals surface area contributed by atoms with Crippen molar-refractivity contribution in [2.45, 2.75) is 63.0 Å². The highest BCUT2D eigenvalue weighted by Crippen LogP contribution is 2.41. The highest BCUT2D eigenvalue weighted by atomic mass is 19.1. The van der Waals surface area contributed by atoms with Crippen LogP contribution in [-0.4, -0.2) is 140 Å². The molecule has 0 aliphatic carbocycles. The van der Waals surface area contributed by atoms with Crippen LogP contribution in [0, 0.1) is 30.3 Å². The third-order valence-electron chi connectivity index (χ3n) is 13.3. The fourth-order valence-corrected chi connectivity index (χ4v) is 10.1. The number of fused-ring (bicyclic) bond motifs is 8. The molecule has 2 unspecified atom stereocenters. The number of nitrogens with zero attached hydrogens (tertiary/aromatic N) is 11. The second-order valence-corrected chi connectivity index (χ2v) is 17.4. The summed E-state index contributed by atoms with van der Waals surface area (Å²) in [6.45, 7) is 4.93. The Hall–Kier alpha value is -6.34. The number of nitrogens with one attached hydrogen (secondary N) is 1. The molecule has 326 valence electrons. The number of methoxy groups -OCH3 is 1. The van der Waals surface area contributed by atoms with Gasteiger partial charge in [-0.15, -0.1) is 0 Å². The molecule has 2 amide bonds. The molecule has 2 aromatic carbocycles. The Balaban J connectivity index is 1.00. The van der Waals surface area contributed by atoms with E-state index in [2.05, 4.69) is 15.3 Å². The smallest absolute Gasteiger partial charge is 0.245 e. The van der Waals surface area contributed by atoms with Crippen LogP contribution in [0.4, 0.5) is 30.8 Å². The van der Waals surface area contributed by atoms with Crippen molar-refractivity contribution in [1.29, 1.82) is 0 Å². The van der Waals surface area contributed by atoms with Crippen LogP contribution in [0.25, 0.3) is 39.0 Å². The lowest BCUT2D eigenvalue weighted by atomic mass is 9.87. The molecule has 1 N–H and O–H groups in total. The van der Waals surface area contributed by atoms with Crippen LogP contribution in [0.3, 0.4) is 0 Å². The van der Waals surface area contributed by atoms with Crippen molar-refractivity contribution in [2.75, 3.05) is 68.7 Å². The molecule has 5 saturated heterocycles. The molecule has 12 rings (SSSR count). The number of carbonyl (C=O) groups excluding carboxylic acids is 2. The molecule has 0 saturated carbocycles. The molecule has 16 nitrogen and oxygen atoms in total. The summed E-state index contributed by atoms with van der Waals surface area (Å²) in [5.41, 5.74) is 2.62. The number of aromatic nitrogens is 7. The average molecular weight is 863 g/mol. The highest BCUT2D eigenvalue weighted by molar-refractivity contribution is 5.94. The first-order valence-electron chi connectivity index (χ1n) is 21.3. The number of ether oxygens (including phenoxy) is 2. The number of hydrogen-bond donors (Lipinski definition) is 1. The lowest BCUT2D eigenvalue weighted by Gasteiger charge is -2.56. The van der Waals surface area contributed by atoms with Crippen molar-refractivity contribution in [2.24, 2.45) is 5.92 Å². The third kappa shape index (κ3) is 6.79. The van der Waals surface area contributed by atoms with Gasteiger partial charge in [-0.05, 0) is 50.1 Å². The van der Waals surface area contributed by atoms with Crippen LogP contribution in [0.1, 0.15) is 25.1 Å². The van der Waals surface area contributed by atoms with Gasteiger partial charge < -0.3 is 39.0 Å². The number of aryl methyl sites for hydroxylation is 1. The Morgan fingerprint density at radius 2 is 1.76 bits per heavy atom. The van der Waals surface area contributed by atoms with Crippen LogP contribution < -0.4 is 15.1 Å². The van der Waals surface area contributed by atoms with Crippen LogP contribution in [0.2, 0.25) is 0 Å². The van der Waals surface area contributed by atoms with E-state index in [4.69, 9.17) is 29.4 Å². The van der Waals surface area contributed by atoms with E-state index in [1.54, 1.807) is 25.3 Å². The van der Waals surface area contributed by atoms with Gasteiger partial charge in [0.1, 0.15) is 40.8 Å². The van der Waals surface area contributed by atoms with Crippen molar-refractivity contribution in [3.8, 4) is 16.9 Å². The molecule has 6 aliphatic rings. The summed E-state index contributed by atoms with van der Waals surface area (Å²) in [7, 11) is 3.35. The van der Waals surface area contributed by atoms with Gasteiger partial charge in [0.15, 0.2) is 11.5 Å². The van der Waals surface area contributed by atoms with Gasteiger partial charge in [0.25, 0.3) is 0 Å². The molecule has 0 radical (unpaired) electrons. The second kappa shape index (κ2) is 15.2. The molecule has 63 heavy (non-hydrogen) atoms. The van der Waals surface area contributed by atoms with E-state index >= 15 is 8.78 Å². The van der Waals surface area contributed by atoms with E-state index in [-0.39, 0.29) is 53.7 Å². The molecule has 6 aromatic rings. The van der Waals surface area contributed by atoms with Crippen molar-refractivity contribution in [3.63, 3.8) is 0 Å². The van der Waals surface area contributed by atoms with Gasteiger partial charge in [0.2, 0.25) is 17.8 Å². The largest absolute Gasteiger partial charge is 0.381 e. The number of likely N-dealkylation sites (N-methyl/N-ethyl adjacent to an activating group) is 1. The van der Waals surface area contributed by atoms with Crippen molar-refractivity contribution in [1.82, 2.24) is 44.1 Å². The zero-order chi connectivity index (χ0) is 43.3. The number of anilines is 3. The van der Waals surface area contributed by atoms with Gasteiger partial charge in [0, 0.05) is 76.4 Å². The number of halogens is 3. The number of hydrogen-bond acceptors (Lipinski definition) is 12. The molecule has 6 aliphatic heterocycles. The Bertz CT molecular complexity index is 2800. The molecule has 10 heterocycles. The molecule has 19 heteroatoms. The number of amides is 2. The first-order valence-corrected chi connectivity index (χ1v) is 21.3. The predicted molar refractivity (Wildman–Crippen MR) is 226 cm³/mol. The van der Waals surface area contributed by atoms with E-state index in [0.717, 1.165) is 18.0 Å². The number of benzene rings is 2. The number of carbonyl (C=O) groups is 2. The standard InChI is InChI=1S/C44H45F3N12O4/c1-23-49-35-12-26(46)10-31-34-5-4-6-38(51-34)50-27-13-37(43(61)54(2)19-30(62-3)20-56(23)40(31)35)57(16-27)41-32-15-48-59(36-8-7-25(45)11-33(36)47)42(32)53-44(52-41)58-28-14-29(58)18-55(17-28)39(60)9-24-21-63-22-24/h4-8,10-12,15,24,27-30,37H,9,13-14,16-22H2,1-3H3,(H,50,51)/t27-,28?,29?,30-,37-/m0/s1. The average Bonchev–Trinajstić information content (AvgIpc) is 3.95. The van der Waals surface area contributed by atoms with Gasteiger partial charge in [-0.3, -0.25) is 9.59 Å². The molecular weight excluding hydrogens is 818 g/mol. The van der Waals surface area contributed by atoms with Crippen LogP contribution >= 0.6 is 0 Å². The van der Waals surface area contributed by atoms with Gasteiger partial charge in [-0.2, -0.15) is 15.1 Å². The fourth-order valence-electron chi connectivity index (χ4n) is 10.1. The quantitative estimate of drug-likeness (QED) is 0.254. The summed E-state index contributed by atoms with van der Waals surface area (Å²) < 4.78 is 59.5. The Morgan fingerprint density at radius 3 is 2.52 bits per heavy atom. The maximum atomic E-state index is 15.5. The molecule has 0 spiro atoms. The van der Waals surface area contributed by atoms with E-state index in [0.29, 0.717) is 97.8 Å². The van der Waals surface area contributed by atoms with Gasteiger partial charge in [-0.1, -0.05) is 6.07 Å². The van der Waals surface area contributed by atoms with E-state index in [1.807, 2.05) is 39.5 Å². The predicted octanol–water partition coefficient (Wildman–Crippen LogP) is 4.33. The van der Waals surface area contributed by atoms with Gasteiger partial charge in [-0.25, -0.2) is 27.8 Å². The highest BCUT2D eigenvalue weighted by Gasteiger charge is 2.49. The Labute approximate surface area is 359 Å². The summed E-state index contributed by atoms with van der Waals surface area (Å²) in [6.07, 6.45) is 2.73. The minimum atomic E-state index is -0.818. The first kappa shape index (κ1) is 39.5. The maximum Gasteiger partial charge on any atom is 0.245 e.